The first-order valence-electron chi connectivity index (χ1n) is 6.16. The van der Waals surface area contributed by atoms with E-state index in [-0.39, 0.29) is 17.0 Å². The van der Waals surface area contributed by atoms with Crippen molar-refractivity contribution in [3.8, 4) is 11.8 Å². The van der Waals surface area contributed by atoms with Crippen LogP contribution >= 0.6 is 0 Å². The van der Waals surface area contributed by atoms with Crippen molar-refractivity contribution in [2.75, 3.05) is 20.2 Å². The molecule has 2 N–H and O–H groups in total. The van der Waals surface area contributed by atoms with Gasteiger partial charge in [0.15, 0.2) is 0 Å². The predicted octanol–water partition coefficient (Wildman–Crippen LogP) is 0.561. The zero-order valence-corrected chi connectivity index (χ0v) is 12.9. The first kappa shape index (κ1) is 17.6. The molecular formula is C14H18FNO4S. The molecule has 0 atom stereocenters. The van der Waals surface area contributed by atoms with E-state index in [1.54, 1.807) is 0 Å². The minimum absolute atomic E-state index is 0.0355. The number of nitrogens with zero attached hydrogens (tertiary/aromatic N) is 1. The lowest BCUT2D eigenvalue weighted by molar-refractivity contribution is 0.0640. The Morgan fingerprint density at radius 3 is 2.52 bits per heavy atom. The minimum atomic E-state index is -3.93. The third-order valence-corrected chi connectivity index (χ3v) is 4.40. The normalized spacial score (nSPS) is 12.1. The SMILES string of the molecule is CN(CC(C)(C)O)S(=O)(=O)c1ccc(F)cc1C#CCO. The van der Waals surface area contributed by atoms with Crippen molar-refractivity contribution in [2.45, 2.75) is 24.3 Å². The fourth-order valence-electron chi connectivity index (χ4n) is 1.76. The topological polar surface area (TPSA) is 77.8 Å². The van der Waals surface area contributed by atoms with Gasteiger partial charge in [0.2, 0.25) is 10.0 Å². The van der Waals surface area contributed by atoms with E-state index in [9.17, 15) is 17.9 Å². The van der Waals surface area contributed by atoms with Gasteiger partial charge in [-0.2, -0.15) is 4.31 Å². The summed E-state index contributed by atoms with van der Waals surface area (Å²) in [6.45, 7) is 2.38. The van der Waals surface area contributed by atoms with Crippen molar-refractivity contribution < 1.29 is 23.0 Å². The van der Waals surface area contributed by atoms with Gasteiger partial charge in [-0.05, 0) is 32.0 Å². The summed E-state index contributed by atoms with van der Waals surface area (Å²) >= 11 is 0. The number of hydrogen-bond acceptors (Lipinski definition) is 4. The Bertz CT molecular complexity index is 668. The molecule has 0 aliphatic carbocycles. The van der Waals surface area contributed by atoms with Crippen molar-refractivity contribution in [2.24, 2.45) is 0 Å². The highest BCUT2D eigenvalue weighted by Crippen LogP contribution is 2.21. The smallest absolute Gasteiger partial charge is 0.244 e. The number of likely N-dealkylation sites (N-methyl/N-ethyl adjacent to an activating group) is 1. The van der Waals surface area contributed by atoms with Gasteiger partial charge in [-0.3, -0.25) is 0 Å². The molecule has 0 aromatic heterocycles. The lowest BCUT2D eigenvalue weighted by Crippen LogP contribution is -2.39. The molecule has 0 spiro atoms. The van der Waals surface area contributed by atoms with Crippen LogP contribution in [0.4, 0.5) is 4.39 Å². The highest BCUT2D eigenvalue weighted by atomic mass is 32.2. The van der Waals surface area contributed by atoms with Gasteiger partial charge in [0.25, 0.3) is 0 Å². The maximum Gasteiger partial charge on any atom is 0.244 e. The molecule has 0 amide bonds. The molecule has 1 aromatic rings. The standard InChI is InChI=1S/C14H18FNO4S/c1-14(2,18)10-16(3)21(19,20)13-7-6-12(15)9-11(13)5-4-8-17/h6-7,9,17-18H,8,10H2,1-3H3. The Kier molecular flexibility index (Phi) is 5.48. The molecule has 7 heteroatoms. The van der Waals surface area contributed by atoms with E-state index < -0.39 is 28.0 Å². The summed E-state index contributed by atoms with van der Waals surface area (Å²) in [4.78, 5) is -0.170. The molecule has 0 saturated carbocycles. The van der Waals surface area contributed by atoms with Crippen LogP contribution in [0.1, 0.15) is 19.4 Å². The van der Waals surface area contributed by atoms with E-state index in [1.807, 2.05) is 0 Å². The van der Waals surface area contributed by atoms with Crippen molar-refractivity contribution >= 4 is 10.0 Å². The number of hydrogen-bond donors (Lipinski definition) is 2. The van der Waals surface area contributed by atoms with Crippen molar-refractivity contribution in [1.82, 2.24) is 4.31 Å². The summed E-state index contributed by atoms with van der Waals surface area (Å²) in [5, 5.41) is 18.4. The Labute approximate surface area is 124 Å². The maximum atomic E-state index is 13.3. The number of halogens is 1. The van der Waals surface area contributed by atoms with E-state index >= 15 is 0 Å². The highest BCUT2D eigenvalue weighted by Gasteiger charge is 2.28. The molecule has 1 aromatic carbocycles. The molecule has 0 bridgehead atoms. The second-order valence-corrected chi connectivity index (χ2v) is 7.19. The largest absolute Gasteiger partial charge is 0.389 e. The maximum absolute atomic E-state index is 13.3. The van der Waals surface area contributed by atoms with Gasteiger partial charge in [0, 0.05) is 19.2 Å². The van der Waals surface area contributed by atoms with Crippen LogP contribution in [0.5, 0.6) is 0 Å². The molecule has 0 aliphatic rings. The number of aliphatic hydroxyl groups excluding tert-OH is 1. The van der Waals surface area contributed by atoms with Gasteiger partial charge in [-0.25, -0.2) is 12.8 Å². The fourth-order valence-corrected chi connectivity index (χ4v) is 3.21. The fraction of sp³-hybridized carbons (Fsp3) is 0.429. The van der Waals surface area contributed by atoms with Crippen molar-refractivity contribution in [1.29, 1.82) is 0 Å². The van der Waals surface area contributed by atoms with Crippen LogP contribution in [0.25, 0.3) is 0 Å². The van der Waals surface area contributed by atoms with Crippen LogP contribution in [0.15, 0.2) is 23.1 Å². The Hall–Kier alpha value is -1.46. The lowest BCUT2D eigenvalue weighted by Gasteiger charge is -2.25. The van der Waals surface area contributed by atoms with Crippen LogP contribution in [0.3, 0.4) is 0 Å². The lowest BCUT2D eigenvalue weighted by atomic mass is 10.1. The van der Waals surface area contributed by atoms with Crippen LogP contribution in [0, 0.1) is 17.7 Å². The van der Waals surface area contributed by atoms with Crippen molar-refractivity contribution in [3.63, 3.8) is 0 Å². The van der Waals surface area contributed by atoms with Crippen LogP contribution < -0.4 is 0 Å². The second kappa shape index (κ2) is 6.54. The number of benzene rings is 1. The third kappa shape index (κ3) is 4.79. The summed E-state index contributed by atoms with van der Waals surface area (Å²) in [6, 6.07) is 3.13. The molecule has 0 unspecified atom stereocenters. The van der Waals surface area contributed by atoms with Gasteiger partial charge in [0.1, 0.15) is 12.4 Å². The molecule has 21 heavy (non-hydrogen) atoms. The summed E-state index contributed by atoms with van der Waals surface area (Å²) in [5.74, 6) is 4.09. The number of aliphatic hydroxyl groups is 2. The average Bonchev–Trinajstić information content (AvgIpc) is 2.34. The van der Waals surface area contributed by atoms with Gasteiger partial charge in [0.05, 0.1) is 10.5 Å². The van der Waals surface area contributed by atoms with E-state index in [1.165, 1.54) is 20.9 Å². The molecule has 0 saturated heterocycles. The second-order valence-electron chi connectivity index (χ2n) is 5.17. The Balaban J connectivity index is 3.31. The van der Waals surface area contributed by atoms with Gasteiger partial charge in [-0.1, -0.05) is 11.8 Å². The highest BCUT2D eigenvalue weighted by molar-refractivity contribution is 7.89. The first-order chi connectivity index (χ1) is 9.58. The van der Waals surface area contributed by atoms with Crippen LogP contribution in [-0.2, 0) is 10.0 Å². The summed E-state index contributed by atoms with van der Waals surface area (Å²) < 4.78 is 39.2. The first-order valence-corrected chi connectivity index (χ1v) is 7.60. The Morgan fingerprint density at radius 1 is 1.38 bits per heavy atom. The molecule has 116 valence electrons. The predicted molar refractivity (Wildman–Crippen MR) is 76.5 cm³/mol. The molecule has 1 rings (SSSR count). The van der Waals surface area contributed by atoms with Gasteiger partial charge < -0.3 is 10.2 Å². The third-order valence-electron chi connectivity index (χ3n) is 2.54. The van der Waals surface area contributed by atoms with E-state index in [0.717, 1.165) is 22.5 Å². The minimum Gasteiger partial charge on any atom is -0.389 e. The quantitative estimate of drug-likeness (QED) is 0.796. The van der Waals surface area contributed by atoms with E-state index in [4.69, 9.17) is 5.11 Å². The molecule has 0 aliphatic heterocycles. The van der Waals surface area contributed by atoms with Crippen LogP contribution in [0.2, 0.25) is 0 Å². The summed E-state index contributed by atoms with van der Waals surface area (Å²) in [6.07, 6.45) is 0. The monoisotopic (exact) mass is 315 g/mol. The van der Waals surface area contributed by atoms with E-state index in [2.05, 4.69) is 11.8 Å². The summed E-state index contributed by atoms with van der Waals surface area (Å²) in [5.41, 5.74) is -1.25. The number of rotatable bonds is 4. The molecular weight excluding hydrogens is 297 g/mol. The van der Waals surface area contributed by atoms with Crippen LogP contribution in [-0.4, -0.2) is 48.7 Å². The van der Waals surface area contributed by atoms with Gasteiger partial charge in [-0.15, -0.1) is 0 Å². The summed E-state index contributed by atoms with van der Waals surface area (Å²) in [7, 11) is -2.61. The van der Waals surface area contributed by atoms with E-state index in [0.29, 0.717) is 0 Å². The van der Waals surface area contributed by atoms with Gasteiger partial charge >= 0.3 is 0 Å². The molecule has 0 radical (unpaired) electrons. The molecule has 5 nitrogen and oxygen atoms in total. The Morgan fingerprint density at radius 2 is 2.00 bits per heavy atom. The van der Waals surface area contributed by atoms with Crippen molar-refractivity contribution in [3.05, 3.63) is 29.6 Å². The number of sulfonamides is 1. The zero-order chi connectivity index (χ0) is 16.3. The zero-order valence-electron chi connectivity index (χ0n) is 12.1. The molecule has 0 fully saturated rings. The molecule has 0 heterocycles. The average molecular weight is 315 g/mol.